The lowest BCUT2D eigenvalue weighted by Gasteiger charge is -2.11. The highest BCUT2D eigenvalue weighted by Gasteiger charge is 2.15. The Morgan fingerprint density at radius 2 is 1.96 bits per heavy atom. The molecule has 0 fully saturated rings. The molecule has 2 nitrogen and oxygen atoms in total. The highest BCUT2D eigenvalue weighted by atomic mass is 32.2. The summed E-state index contributed by atoms with van der Waals surface area (Å²) >= 11 is 1.42. The zero-order chi connectivity index (χ0) is 16.7. The number of nitrogens with one attached hydrogen (secondary N) is 1. The zero-order valence-electron chi connectivity index (χ0n) is 12.6. The smallest absolute Gasteiger partial charge is 0.237 e. The summed E-state index contributed by atoms with van der Waals surface area (Å²) in [5.74, 6) is -0.948. The number of anilines is 1. The second-order valence-corrected chi connectivity index (χ2v) is 6.28. The van der Waals surface area contributed by atoms with Crippen molar-refractivity contribution in [1.29, 1.82) is 0 Å². The number of halogens is 2. The van der Waals surface area contributed by atoms with E-state index in [0.717, 1.165) is 23.8 Å². The van der Waals surface area contributed by atoms with E-state index >= 15 is 0 Å². The molecule has 1 atom stereocenters. The van der Waals surface area contributed by atoms with Gasteiger partial charge in [0, 0.05) is 11.8 Å². The van der Waals surface area contributed by atoms with Gasteiger partial charge in [0.2, 0.25) is 5.91 Å². The Kier molecular flexibility index (Phi) is 6.35. The first-order valence-corrected chi connectivity index (χ1v) is 8.20. The van der Waals surface area contributed by atoms with E-state index in [2.05, 4.69) is 5.32 Å². The summed E-state index contributed by atoms with van der Waals surface area (Å²) in [7, 11) is 0. The Balaban J connectivity index is 1.83. The fourth-order valence-corrected chi connectivity index (χ4v) is 2.56. The molecule has 0 aliphatic carbocycles. The van der Waals surface area contributed by atoms with E-state index in [4.69, 9.17) is 0 Å². The van der Waals surface area contributed by atoms with Gasteiger partial charge in [-0.25, -0.2) is 8.78 Å². The van der Waals surface area contributed by atoms with Crippen LogP contribution in [0.3, 0.4) is 0 Å². The summed E-state index contributed by atoms with van der Waals surface area (Å²) in [5.41, 5.74) is 0.953. The molecular formula is C18H17F2NOS. The topological polar surface area (TPSA) is 29.1 Å². The number of benzene rings is 2. The Labute approximate surface area is 138 Å². The standard InChI is InChI=1S/C18H17F2NOS/c1-13(23-11-5-8-14-6-3-2-4-7-14)18(22)21-17-12-15(19)9-10-16(17)20/h2-10,12-13H,11H2,1H3,(H,21,22). The number of hydrogen-bond acceptors (Lipinski definition) is 2. The van der Waals surface area contributed by atoms with Gasteiger partial charge in [0.15, 0.2) is 0 Å². The second-order valence-electron chi connectivity index (χ2n) is 4.90. The minimum absolute atomic E-state index is 0.137. The van der Waals surface area contributed by atoms with Gasteiger partial charge in [-0.1, -0.05) is 42.5 Å². The molecule has 2 rings (SSSR count). The molecule has 2 aromatic carbocycles. The molecule has 0 heterocycles. The molecule has 2 aromatic rings. The van der Waals surface area contributed by atoms with Crippen LogP contribution in [-0.4, -0.2) is 16.9 Å². The summed E-state index contributed by atoms with van der Waals surface area (Å²) in [6.45, 7) is 1.73. The Hall–Kier alpha value is -2.14. The van der Waals surface area contributed by atoms with Crippen LogP contribution < -0.4 is 5.32 Å². The van der Waals surface area contributed by atoms with E-state index in [0.29, 0.717) is 5.75 Å². The first-order chi connectivity index (χ1) is 11.1. The number of carbonyl (C=O) groups is 1. The average Bonchev–Trinajstić information content (AvgIpc) is 2.55. The third-order valence-electron chi connectivity index (χ3n) is 3.11. The van der Waals surface area contributed by atoms with E-state index in [1.165, 1.54) is 11.8 Å². The molecule has 0 bridgehead atoms. The minimum Gasteiger partial charge on any atom is -0.323 e. The van der Waals surface area contributed by atoms with Gasteiger partial charge in [-0.3, -0.25) is 4.79 Å². The van der Waals surface area contributed by atoms with Crippen molar-refractivity contribution < 1.29 is 13.6 Å². The molecule has 0 aliphatic heterocycles. The van der Waals surface area contributed by atoms with Crippen molar-refractivity contribution in [1.82, 2.24) is 0 Å². The predicted octanol–water partition coefficient (Wildman–Crippen LogP) is 4.74. The first kappa shape index (κ1) is 17.2. The number of hydrogen-bond donors (Lipinski definition) is 1. The average molecular weight is 333 g/mol. The summed E-state index contributed by atoms with van der Waals surface area (Å²) < 4.78 is 26.6. The van der Waals surface area contributed by atoms with E-state index in [9.17, 15) is 13.6 Å². The van der Waals surface area contributed by atoms with Crippen LogP contribution in [0.5, 0.6) is 0 Å². The quantitative estimate of drug-likeness (QED) is 0.827. The van der Waals surface area contributed by atoms with E-state index in [1.54, 1.807) is 6.92 Å². The molecule has 0 aliphatic rings. The fourth-order valence-electron chi connectivity index (χ4n) is 1.85. The maximum Gasteiger partial charge on any atom is 0.237 e. The second kappa shape index (κ2) is 8.48. The lowest BCUT2D eigenvalue weighted by atomic mass is 10.2. The lowest BCUT2D eigenvalue weighted by molar-refractivity contribution is -0.115. The number of rotatable bonds is 6. The van der Waals surface area contributed by atoms with Crippen molar-refractivity contribution in [3.63, 3.8) is 0 Å². The van der Waals surface area contributed by atoms with Crippen LogP contribution >= 0.6 is 11.8 Å². The third-order valence-corrected chi connectivity index (χ3v) is 4.21. The van der Waals surface area contributed by atoms with E-state index < -0.39 is 11.6 Å². The van der Waals surface area contributed by atoms with Crippen LogP contribution in [0.25, 0.3) is 6.08 Å². The highest BCUT2D eigenvalue weighted by molar-refractivity contribution is 8.00. The van der Waals surface area contributed by atoms with Gasteiger partial charge in [0.1, 0.15) is 11.6 Å². The van der Waals surface area contributed by atoms with Crippen molar-refractivity contribution in [2.75, 3.05) is 11.1 Å². The molecular weight excluding hydrogens is 316 g/mol. The molecule has 1 amide bonds. The van der Waals surface area contributed by atoms with Crippen LogP contribution in [0.1, 0.15) is 12.5 Å². The minimum atomic E-state index is -0.652. The highest BCUT2D eigenvalue weighted by Crippen LogP contribution is 2.18. The zero-order valence-corrected chi connectivity index (χ0v) is 13.4. The molecule has 0 saturated heterocycles. The molecule has 5 heteroatoms. The van der Waals surface area contributed by atoms with Crippen molar-refractivity contribution in [3.8, 4) is 0 Å². The number of thioether (sulfide) groups is 1. The van der Waals surface area contributed by atoms with Crippen LogP contribution in [0.2, 0.25) is 0 Å². The van der Waals surface area contributed by atoms with Crippen LogP contribution in [0.4, 0.5) is 14.5 Å². The molecule has 1 N–H and O–H groups in total. The molecule has 0 radical (unpaired) electrons. The third kappa shape index (κ3) is 5.53. The summed E-state index contributed by atoms with van der Waals surface area (Å²) in [6.07, 6.45) is 3.94. The van der Waals surface area contributed by atoms with E-state index in [1.807, 2.05) is 42.5 Å². The van der Waals surface area contributed by atoms with Crippen molar-refractivity contribution in [3.05, 3.63) is 71.8 Å². The van der Waals surface area contributed by atoms with Gasteiger partial charge in [0.05, 0.1) is 10.9 Å². The molecule has 1 unspecified atom stereocenters. The Morgan fingerprint density at radius 3 is 2.70 bits per heavy atom. The van der Waals surface area contributed by atoms with Gasteiger partial charge in [0.25, 0.3) is 0 Å². The van der Waals surface area contributed by atoms with Crippen molar-refractivity contribution in [2.45, 2.75) is 12.2 Å². The van der Waals surface area contributed by atoms with Gasteiger partial charge < -0.3 is 5.32 Å². The molecule has 0 spiro atoms. The van der Waals surface area contributed by atoms with Gasteiger partial charge in [-0.15, -0.1) is 11.8 Å². The molecule has 23 heavy (non-hydrogen) atoms. The lowest BCUT2D eigenvalue weighted by Crippen LogP contribution is -2.23. The molecule has 0 saturated carbocycles. The number of carbonyl (C=O) groups excluding carboxylic acids is 1. The fraction of sp³-hybridized carbons (Fsp3) is 0.167. The van der Waals surface area contributed by atoms with Gasteiger partial charge in [-0.2, -0.15) is 0 Å². The Morgan fingerprint density at radius 1 is 1.22 bits per heavy atom. The SMILES string of the molecule is CC(SCC=Cc1ccccc1)C(=O)Nc1cc(F)ccc1F. The molecule has 0 aromatic heterocycles. The maximum absolute atomic E-state index is 13.5. The maximum atomic E-state index is 13.5. The number of amides is 1. The van der Waals surface area contributed by atoms with Gasteiger partial charge >= 0.3 is 0 Å². The largest absolute Gasteiger partial charge is 0.323 e. The van der Waals surface area contributed by atoms with Crippen molar-refractivity contribution >= 4 is 29.4 Å². The monoisotopic (exact) mass is 333 g/mol. The van der Waals surface area contributed by atoms with Gasteiger partial charge in [-0.05, 0) is 24.6 Å². The van der Waals surface area contributed by atoms with Crippen LogP contribution in [0.15, 0.2) is 54.6 Å². The molecule has 120 valence electrons. The Bertz CT molecular complexity index is 689. The van der Waals surface area contributed by atoms with Crippen LogP contribution in [-0.2, 0) is 4.79 Å². The van der Waals surface area contributed by atoms with Crippen molar-refractivity contribution in [2.24, 2.45) is 0 Å². The first-order valence-electron chi connectivity index (χ1n) is 7.15. The predicted molar refractivity (Wildman–Crippen MR) is 92.4 cm³/mol. The van der Waals surface area contributed by atoms with Crippen LogP contribution in [0, 0.1) is 11.6 Å². The summed E-state index contributed by atoms with van der Waals surface area (Å²) in [6, 6.07) is 12.8. The van der Waals surface area contributed by atoms with E-state index in [-0.39, 0.29) is 16.8 Å². The summed E-state index contributed by atoms with van der Waals surface area (Å²) in [5, 5.41) is 2.03. The summed E-state index contributed by atoms with van der Waals surface area (Å²) in [4.78, 5) is 12.0. The normalized spacial score (nSPS) is 12.3.